The minimum Gasteiger partial charge on any atom is -0.370 e. The number of primary amides is 1. The van der Waals surface area contributed by atoms with E-state index in [0.717, 1.165) is 6.42 Å². The van der Waals surface area contributed by atoms with Gasteiger partial charge in [0.05, 0.1) is 0 Å². The van der Waals surface area contributed by atoms with Gasteiger partial charge in [-0.2, -0.15) is 0 Å². The molecule has 0 fully saturated rings. The number of nitrogens with two attached hydrogens (primary N) is 1. The number of allylic oxidation sites excluding steroid dienone is 2. The summed E-state index contributed by atoms with van der Waals surface area (Å²) in [6.45, 7) is 1.92. The molecular weight excluding hydrogens is 102 g/mol. The molecule has 0 aliphatic carbocycles. The van der Waals surface area contributed by atoms with Crippen molar-refractivity contribution in [1.29, 1.82) is 0 Å². The van der Waals surface area contributed by atoms with Crippen molar-refractivity contribution in [2.75, 3.05) is 0 Å². The molecule has 0 aromatic heterocycles. The molecule has 0 atom stereocenters. The largest absolute Gasteiger partial charge is 0.370 e. The van der Waals surface area contributed by atoms with Crippen LogP contribution in [0, 0.1) is 0 Å². The van der Waals surface area contributed by atoms with Gasteiger partial charge in [-0.05, 0) is 13.3 Å². The van der Waals surface area contributed by atoms with Crippen molar-refractivity contribution in [3.8, 4) is 0 Å². The van der Waals surface area contributed by atoms with Crippen molar-refractivity contribution in [3.63, 3.8) is 0 Å². The van der Waals surface area contributed by atoms with E-state index >= 15 is 0 Å². The fraction of sp³-hybridized carbons (Fsp3) is 0.500. The summed E-state index contributed by atoms with van der Waals surface area (Å²) in [5.74, 6) is -0.233. The Bertz CT molecular complexity index is 96.7. The number of rotatable bonds is 3. The van der Waals surface area contributed by atoms with E-state index in [1.807, 2.05) is 19.1 Å². The normalized spacial score (nSPS) is 10.1. The van der Waals surface area contributed by atoms with Gasteiger partial charge in [0.25, 0.3) is 0 Å². The molecule has 46 valence electrons. The summed E-state index contributed by atoms with van der Waals surface area (Å²) in [5.41, 5.74) is 4.86. The number of carbonyl (C=O) groups excluding carboxylic acids is 1. The average molecular weight is 113 g/mol. The fourth-order valence-electron chi connectivity index (χ4n) is 0.392. The van der Waals surface area contributed by atoms with E-state index in [4.69, 9.17) is 5.73 Å². The second-order valence-electron chi connectivity index (χ2n) is 1.57. The zero-order valence-electron chi connectivity index (χ0n) is 5.05. The van der Waals surface area contributed by atoms with Gasteiger partial charge in [-0.1, -0.05) is 12.2 Å². The van der Waals surface area contributed by atoms with Gasteiger partial charge in [-0.15, -0.1) is 0 Å². The van der Waals surface area contributed by atoms with E-state index in [0.29, 0.717) is 6.42 Å². The molecule has 0 spiro atoms. The van der Waals surface area contributed by atoms with Crippen molar-refractivity contribution < 1.29 is 4.79 Å². The molecule has 0 saturated heterocycles. The molecule has 2 heteroatoms. The van der Waals surface area contributed by atoms with E-state index in [1.165, 1.54) is 0 Å². The standard InChI is InChI=1S/C6H11NO/c1-2-3-4-5-6(7)8/h2-3H,4-5H2,1H3,(H2,7,8)/b3-2+. The van der Waals surface area contributed by atoms with Crippen LogP contribution in [0.4, 0.5) is 0 Å². The van der Waals surface area contributed by atoms with Crippen LogP contribution in [-0.4, -0.2) is 5.91 Å². The first-order valence-corrected chi connectivity index (χ1v) is 2.67. The van der Waals surface area contributed by atoms with Crippen molar-refractivity contribution in [2.45, 2.75) is 19.8 Å². The molecule has 2 N–H and O–H groups in total. The second-order valence-corrected chi connectivity index (χ2v) is 1.57. The zero-order valence-corrected chi connectivity index (χ0v) is 5.05. The third kappa shape index (κ3) is 5.21. The highest BCUT2D eigenvalue weighted by Crippen LogP contribution is 1.87. The minimum absolute atomic E-state index is 0.233. The molecule has 2 nitrogen and oxygen atoms in total. The summed E-state index contributed by atoms with van der Waals surface area (Å²) in [7, 11) is 0. The van der Waals surface area contributed by atoms with Crippen LogP contribution in [0.15, 0.2) is 12.2 Å². The van der Waals surface area contributed by atoms with Gasteiger partial charge in [0.2, 0.25) is 5.91 Å². The lowest BCUT2D eigenvalue weighted by Crippen LogP contribution is -2.08. The zero-order chi connectivity index (χ0) is 6.41. The Morgan fingerprint density at radius 1 is 1.75 bits per heavy atom. The van der Waals surface area contributed by atoms with Gasteiger partial charge < -0.3 is 5.73 Å². The van der Waals surface area contributed by atoms with E-state index in [1.54, 1.807) is 0 Å². The molecule has 0 aliphatic heterocycles. The summed E-state index contributed by atoms with van der Waals surface area (Å²) in [6, 6.07) is 0. The summed E-state index contributed by atoms with van der Waals surface area (Å²) >= 11 is 0. The van der Waals surface area contributed by atoms with E-state index < -0.39 is 0 Å². The lowest BCUT2D eigenvalue weighted by molar-refractivity contribution is -0.117. The number of hydrogen-bond donors (Lipinski definition) is 1. The highest BCUT2D eigenvalue weighted by molar-refractivity contribution is 5.73. The van der Waals surface area contributed by atoms with Crippen LogP contribution < -0.4 is 5.73 Å². The molecule has 0 aromatic carbocycles. The topological polar surface area (TPSA) is 43.1 Å². The van der Waals surface area contributed by atoms with Crippen LogP contribution in [-0.2, 0) is 4.79 Å². The van der Waals surface area contributed by atoms with Gasteiger partial charge in [-0.25, -0.2) is 0 Å². The highest BCUT2D eigenvalue weighted by Gasteiger charge is 1.86. The molecule has 0 rings (SSSR count). The third-order valence-electron chi connectivity index (χ3n) is 0.793. The van der Waals surface area contributed by atoms with E-state index in [9.17, 15) is 4.79 Å². The quantitative estimate of drug-likeness (QED) is 0.541. The monoisotopic (exact) mass is 113 g/mol. The molecule has 0 saturated carbocycles. The first-order valence-electron chi connectivity index (χ1n) is 2.67. The Balaban J connectivity index is 3.05. The molecule has 0 bridgehead atoms. The Morgan fingerprint density at radius 3 is 2.75 bits per heavy atom. The molecule has 0 heterocycles. The molecule has 0 unspecified atom stereocenters. The summed E-state index contributed by atoms with van der Waals surface area (Å²) < 4.78 is 0. The predicted octanol–water partition coefficient (Wildman–Crippen LogP) is 0.828. The Kier molecular flexibility index (Phi) is 3.94. The van der Waals surface area contributed by atoms with Crippen LogP contribution in [0.5, 0.6) is 0 Å². The molecule has 0 aliphatic rings. The van der Waals surface area contributed by atoms with Crippen molar-refractivity contribution >= 4 is 5.91 Å². The van der Waals surface area contributed by atoms with Gasteiger partial charge in [0.15, 0.2) is 0 Å². The smallest absolute Gasteiger partial charge is 0.217 e. The van der Waals surface area contributed by atoms with Gasteiger partial charge in [0.1, 0.15) is 0 Å². The van der Waals surface area contributed by atoms with Crippen LogP contribution in [0.25, 0.3) is 0 Å². The van der Waals surface area contributed by atoms with Crippen LogP contribution >= 0.6 is 0 Å². The second kappa shape index (κ2) is 4.37. The molecule has 8 heavy (non-hydrogen) atoms. The average Bonchev–Trinajstić information content (AvgIpc) is 1.66. The Morgan fingerprint density at radius 2 is 2.38 bits per heavy atom. The summed E-state index contributed by atoms with van der Waals surface area (Å²) in [5, 5.41) is 0. The van der Waals surface area contributed by atoms with Crippen LogP contribution in [0.2, 0.25) is 0 Å². The van der Waals surface area contributed by atoms with E-state index in [-0.39, 0.29) is 5.91 Å². The first-order chi connectivity index (χ1) is 3.77. The number of amides is 1. The minimum atomic E-state index is -0.233. The molecule has 0 radical (unpaired) electrons. The Hall–Kier alpha value is -0.790. The van der Waals surface area contributed by atoms with Gasteiger partial charge in [0, 0.05) is 6.42 Å². The van der Waals surface area contributed by atoms with Gasteiger partial charge >= 0.3 is 0 Å². The van der Waals surface area contributed by atoms with Crippen LogP contribution in [0.3, 0.4) is 0 Å². The first kappa shape index (κ1) is 7.21. The lowest BCUT2D eigenvalue weighted by Gasteiger charge is -1.84. The van der Waals surface area contributed by atoms with Crippen molar-refractivity contribution in [2.24, 2.45) is 5.73 Å². The number of carbonyl (C=O) groups is 1. The van der Waals surface area contributed by atoms with Gasteiger partial charge in [-0.3, -0.25) is 4.79 Å². The maximum absolute atomic E-state index is 10.1. The SMILES string of the molecule is C/C=C/CCC(N)=O. The fourth-order valence-corrected chi connectivity index (χ4v) is 0.392. The van der Waals surface area contributed by atoms with Crippen LogP contribution in [0.1, 0.15) is 19.8 Å². The lowest BCUT2D eigenvalue weighted by atomic mass is 10.3. The highest BCUT2D eigenvalue weighted by atomic mass is 16.1. The number of hydrogen-bond acceptors (Lipinski definition) is 1. The maximum atomic E-state index is 10.1. The third-order valence-corrected chi connectivity index (χ3v) is 0.793. The Labute approximate surface area is 49.4 Å². The molecular formula is C6H11NO. The van der Waals surface area contributed by atoms with Crippen molar-refractivity contribution in [3.05, 3.63) is 12.2 Å². The summed E-state index contributed by atoms with van der Waals surface area (Å²) in [4.78, 5) is 10.1. The predicted molar refractivity (Wildman–Crippen MR) is 33.2 cm³/mol. The maximum Gasteiger partial charge on any atom is 0.217 e. The van der Waals surface area contributed by atoms with E-state index in [2.05, 4.69) is 0 Å². The molecule has 0 aromatic rings. The van der Waals surface area contributed by atoms with Crippen molar-refractivity contribution in [1.82, 2.24) is 0 Å². The molecule has 1 amide bonds. The summed E-state index contributed by atoms with van der Waals surface area (Å²) in [6.07, 6.45) is 5.06.